The maximum Gasteiger partial charge on any atom is 0.265 e. The van der Waals surface area contributed by atoms with Crippen molar-refractivity contribution in [2.75, 3.05) is 23.7 Å². The zero-order valence-corrected chi connectivity index (χ0v) is 14.9. The number of hydrogen-bond acceptors (Lipinski definition) is 4. The molecule has 0 radical (unpaired) electrons. The Hall–Kier alpha value is -2.18. The lowest BCUT2D eigenvalue weighted by atomic mass is 9.93. The average molecular weight is 357 g/mol. The Bertz CT molecular complexity index is 692. The molecule has 0 spiro atoms. The lowest BCUT2D eigenvalue weighted by Gasteiger charge is -2.22. The summed E-state index contributed by atoms with van der Waals surface area (Å²) in [5.41, 5.74) is 1.47. The predicted octanol–water partition coefficient (Wildman–Crippen LogP) is 3.72. The molecule has 1 fully saturated rings. The summed E-state index contributed by atoms with van der Waals surface area (Å²) in [7, 11) is 0. The van der Waals surface area contributed by atoms with E-state index in [0.29, 0.717) is 22.9 Å². The van der Waals surface area contributed by atoms with Crippen LogP contribution in [0.1, 0.15) is 35.4 Å². The van der Waals surface area contributed by atoms with Crippen LogP contribution in [-0.2, 0) is 4.79 Å². The molecule has 3 N–H and O–H groups in total. The van der Waals surface area contributed by atoms with E-state index in [0.717, 1.165) is 38.0 Å². The van der Waals surface area contributed by atoms with Gasteiger partial charge in [0.1, 0.15) is 0 Å². The van der Waals surface area contributed by atoms with Crippen LogP contribution in [0.3, 0.4) is 0 Å². The van der Waals surface area contributed by atoms with E-state index in [9.17, 15) is 9.59 Å². The Labute approximate surface area is 151 Å². The predicted molar refractivity (Wildman–Crippen MR) is 102 cm³/mol. The van der Waals surface area contributed by atoms with Crippen molar-refractivity contribution in [3.63, 3.8) is 0 Å². The number of benzene rings is 1. The van der Waals surface area contributed by atoms with Gasteiger partial charge in [-0.25, -0.2) is 0 Å². The second kappa shape index (κ2) is 8.78. The monoisotopic (exact) mass is 357 g/mol. The van der Waals surface area contributed by atoms with Crippen molar-refractivity contribution >= 4 is 34.5 Å². The zero-order chi connectivity index (χ0) is 17.5. The highest BCUT2D eigenvalue weighted by Crippen LogP contribution is 2.19. The molecule has 1 aliphatic heterocycles. The van der Waals surface area contributed by atoms with Crippen molar-refractivity contribution in [1.29, 1.82) is 0 Å². The minimum Gasteiger partial charge on any atom is -0.326 e. The smallest absolute Gasteiger partial charge is 0.265 e. The summed E-state index contributed by atoms with van der Waals surface area (Å²) in [5.74, 6) is 0.588. The second-order valence-electron chi connectivity index (χ2n) is 6.29. The largest absolute Gasteiger partial charge is 0.326 e. The van der Waals surface area contributed by atoms with E-state index >= 15 is 0 Å². The van der Waals surface area contributed by atoms with Crippen molar-refractivity contribution in [3.8, 4) is 0 Å². The summed E-state index contributed by atoms with van der Waals surface area (Å²) in [6.45, 7) is 2.12. The van der Waals surface area contributed by atoms with Gasteiger partial charge in [0.25, 0.3) is 5.91 Å². The van der Waals surface area contributed by atoms with Crippen LogP contribution in [0.15, 0.2) is 41.8 Å². The van der Waals surface area contributed by atoms with E-state index in [-0.39, 0.29) is 11.8 Å². The third-order valence-corrected chi connectivity index (χ3v) is 5.28. The van der Waals surface area contributed by atoms with Crippen molar-refractivity contribution in [2.45, 2.75) is 25.7 Å². The van der Waals surface area contributed by atoms with Crippen LogP contribution in [-0.4, -0.2) is 24.9 Å². The Morgan fingerprint density at radius 1 is 1.04 bits per heavy atom. The van der Waals surface area contributed by atoms with Crippen LogP contribution in [0.5, 0.6) is 0 Å². The van der Waals surface area contributed by atoms with Crippen LogP contribution in [0, 0.1) is 5.92 Å². The summed E-state index contributed by atoms with van der Waals surface area (Å²) in [6, 6.07) is 10.9. The van der Waals surface area contributed by atoms with Crippen LogP contribution in [0.4, 0.5) is 11.4 Å². The first-order valence-electron chi connectivity index (χ1n) is 8.66. The van der Waals surface area contributed by atoms with Crippen molar-refractivity contribution < 1.29 is 9.59 Å². The lowest BCUT2D eigenvalue weighted by molar-refractivity contribution is -0.116. The molecule has 0 saturated carbocycles. The molecule has 25 heavy (non-hydrogen) atoms. The molecule has 2 heterocycles. The normalized spacial score (nSPS) is 14.9. The standard InChI is InChI=1S/C19H23N3O2S/c23-18(8-3-14-9-11-20-12-10-14)21-15-4-6-16(7-5-15)22-19(24)17-2-1-13-25-17/h1-2,4-7,13-14,20H,3,8-12H2,(H,21,23)(H,22,24). The fraction of sp³-hybridized carbons (Fsp3) is 0.368. The summed E-state index contributed by atoms with van der Waals surface area (Å²) in [5, 5.41) is 11.0. The van der Waals surface area contributed by atoms with Gasteiger partial charge in [0.05, 0.1) is 4.88 Å². The third kappa shape index (κ3) is 5.41. The number of piperidine rings is 1. The number of hydrogen-bond donors (Lipinski definition) is 3. The van der Waals surface area contributed by atoms with Gasteiger partial charge in [0, 0.05) is 17.8 Å². The molecule has 132 valence electrons. The highest BCUT2D eigenvalue weighted by molar-refractivity contribution is 7.12. The molecule has 0 unspecified atom stereocenters. The topological polar surface area (TPSA) is 70.2 Å². The van der Waals surface area contributed by atoms with Crippen molar-refractivity contribution in [2.24, 2.45) is 5.92 Å². The molecule has 1 aliphatic rings. The van der Waals surface area contributed by atoms with E-state index in [1.165, 1.54) is 11.3 Å². The van der Waals surface area contributed by atoms with Gasteiger partial charge in [-0.1, -0.05) is 6.07 Å². The Morgan fingerprint density at radius 2 is 1.72 bits per heavy atom. The van der Waals surface area contributed by atoms with E-state index in [4.69, 9.17) is 0 Å². The highest BCUT2D eigenvalue weighted by Gasteiger charge is 2.14. The van der Waals surface area contributed by atoms with Gasteiger partial charge < -0.3 is 16.0 Å². The molecular formula is C19H23N3O2S. The first-order valence-corrected chi connectivity index (χ1v) is 9.54. The molecule has 2 amide bonds. The van der Waals surface area contributed by atoms with Gasteiger partial charge in [-0.05, 0) is 74.0 Å². The summed E-state index contributed by atoms with van der Waals surface area (Å²) >= 11 is 1.41. The maximum atomic E-state index is 12.1. The molecule has 1 aromatic carbocycles. The number of rotatable bonds is 6. The molecule has 1 aromatic heterocycles. The van der Waals surface area contributed by atoms with Crippen molar-refractivity contribution in [3.05, 3.63) is 46.7 Å². The lowest BCUT2D eigenvalue weighted by Crippen LogP contribution is -2.28. The number of nitrogens with one attached hydrogen (secondary N) is 3. The SMILES string of the molecule is O=C(CCC1CCNCC1)Nc1ccc(NC(=O)c2cccs2)cc1. The van der Waals surface area contributed by atoms with E-state index < -0.39 is 0 Å². The molecular weight excluding hydrogens is 334 g/mol. The second-order valence-corrected chi connectivity index (χ2v) is 7.24. The van der Waals surface area contributed by atoms with Crippen LogP contribution >= 0.6 is 11.3 Å². The summed E-state index contributed by atoms with van der Waals surface area (Å²) < 4.78 is 0. The minimum absolute atomic E-state index is 0.0499. The first-order chi connectivity index (χ1) is 12.2. The fourth-order valence-corrected chi connectivity index (χ4v) is 3.59. The molecule has 1 saturated heterocycles. The van der Waals surface area contributed by atoms with E-state index in [1.807, 2.05) is 23.6 Å². The molecule has 0 aliphatic carbocycles. The van der Waals surface area contributed by atoms with Gasteiger partial charge in [0.2, 0.25) is 5.91 Å². The summed E-state index contributed by atoms with van der Waals surface area (Å²) in [4.78, 5) is 24.8. The molecule has 0 atom stereocenters. The Balaban J connectivity index is 1.45. The Morgan fingerprint density at radius 3 is 2.36 bits per heavy atom. The van der Waals surface area contributed by atoms with Gasteiger partial charge in [0.15, 0.2) is 0 Å². The van der Waals surface area contributed by atoms with E-state index in [1.54, 1.807) is 18.2 Å². The van der Waals surface area contributed by atoms with Crippen LogP contribution in [0.25, 0.3) is 0 Å². The molecule has 3 rings (SSSR count). The molecule has 6 heteroatoms. The number of carbonyl (C=O) groups is 2. The van der Waals surface area contributed by atoms with Crippen LogP contribution < -0.4 is 16.0 Å². The minimum atomic E-state index is -0.117. The number of anilines is 2. The van der Waals surface area contributed by atoms with Gasteiger partial charge >= 0.3 is 0 Å². The fourth-order valence-electron chi connectivity index (χ4n) is 2.97. The molecule has 5 nitrogen and oxygen atoms in total. The third-order valence-electron chi connectivity index (χ3n) is 4.41. The molecule has 0 bridgehead atoms. The van der Waals surface area contributed by atoms with Gasteiger partial charge in [-0.2, -0.15) is 0 Å². The summed E-state index contributed by atoms with van der Waals surface area (Å²) in [6.07, 6.45) is 3.82. The quantitative estimate of drug-likeness (QED) is 0.738. The zero-order valence-electron chi connectivity index (χ0n) is 14.1. The number of thiophene rings is 1. The number of amides is 2. The van der Waals surface area contributed by atoms with Gasteiger partial charge in [-0.3, -0.25) is 9.59 Å². The van der Waals surface area contributed by atoms with Gasteiger partial charge in [-0.15, -0.1) is 11.3 Å². The van der Waals surface area contributed by atoms with E-state index in [2.05, 4.69) is 16.0 Å². The Kier molecular flexibility index (Phi) is 6.19. The first kappa shape index (κ1) is 17.6. The molecule has 2 aromatic rings. The average Bonchev–Trinajstić information content (AvgIpc) is 3.17. The van der Waals surface area contributed by atoms with Crippen molar-refractivity contribution in [1.82, 2.24) is 5.32 Å². The maximum absolute atomic E-state index is 12.1. The highest BCUT2D eigenvalue weighted by atomic mass is 32.1. The number of carbonyl (C=O) groups excluding carboxylic acids is 2. The van der Waals surface area contributed by atoms with Crippen LogP contribution in [0.2, 0.25) is 0 Å².